The number of hydrogen-bond acceptors (Lipinski definition) is 3. The highest BCUT2D eigenvalue weighted by Crippen LogP contribution is 2.43. The van der Waals surface area contributed by atoms with Gasteiger partial charge in [-0.2, -0.15) is 22.0 Å². The van der Waals surface area contributed by atoms with Crippen molar-refractivity contribution in [2.45, 2.75) is 18.5 Å². The minimum atomic E-state index is -5.99. The maximum atomic E-state index is 13.0. The number of alkyl halides is 5. The highest BCUT2D eigenvalue weighted by atomic mass is 35.5. The minimum absolute atomic E-state index is 0.0418. The summed E-state index contributed by atoms with van der Waals surface area (Å²) >= 11 is 5.53. The number of pyridine rings is 1. The van der Waals surface area contributed by atoms with E-state index in [9.17, 15) is 26.7 Å². The van der Waals surface area contributed by atoms with E-state index in [1.807, 2.05) is 0 Å². The van der Waals surface area contributed by atoms with Gasteiger partial charge in [0, 0.05) is 23.8 Å². The van der Waals surface area contributed by atoms with Gasteiger partial charge in [0.2, 0.25) is 0 Å². The first kappa shape index (κ1) is 14.7. The first-order valence-electron chi connectivity index (χ1n) is 5.12. The number of Topliss-reactive ketones (excluding diaryl/α,β-unsaturated/α-hetero) is 1. The molecule has 2 rings (SSSR count). The van der Waals surface area contributed by atoms with E-state index in [4.69, 9.17) is 16.7 Å². The molecule has 0 atom stereocenters. The zero-order valence-electron chi connectivity index (χ0n) is 9.43. The molecule has 0 aromatic carbocycles. The molecule has 0 unspecified atom stereocenters. The minimum Gasteiger partial charge on any atom is -0.506 e. The fraction of sp³-hybridized carbons (Fsp3) is 0.273. The molecule has 1 aliphatic carbocycles. The number of aliphatic hydroxyl groups excluding tert-OH is 1. The molecule has 1 heterocycles. The first-order valence-corrected chi connectivity index (χ1v) is 5.49. The third-order valence-corrected chi connectivity index (χ3v) is 2.99. The Morgan fingerprint density at radius 3 is 2.45 bits per heavy atom. The predicted molar refractivity (Wildman–Crippen MR) is 57.9 cm³/mol. The summed E-state index contributed by atoms with van der Waals surface area (Å²) in [7, 11) is 0. The fourth-order valence-electron chi connectivity index (χ4n) is 1.77. The van der Waals surface area contributed by atoms with E-state index in [0.717, 1.165) is 6.20 Å². The number of carbonyl (C=O) groups is 1. The lowest BCUT2D eigenvalue weighted by Gasteiger charge is -2.19. The average molecular weight is 314 g/mol. The molecular weight excluding hydrogens is 309 g/mol. The number of aliphatic hydroxyl groups is 1. The summed E-state index contributed by atoms with van der Waals surface area (Å²) < 4.78 is 62.6. The summed E-state index contributed by atoms with van der Waals surface area (Å²) in [6.45, 7) is 0. The number of nitrogens with zero attached hydrogens (tertiary/aromatic N) is 1. The standard InChI is InChI=1S/C11H5ClF5NO2/c12-7-2-4-1-5(8(19)6(4)3-18-7)9(20)10(13,14)11(15,16)17/h2-3,20H,1H2/b9-5-. The quantitative estimate of drug-likeness (QED) is 0.374. The Balaban J connectivity index is 2.52. The number of carbonyl (C=O) groups excluding carboxylic acids is 1. The summed E-state index contributed by atoms with van der Waals surface area (Å²) in [5.41, 5.74) is -1.03. The molecule has 1 N–H and O–H groups in total. The van der Waals surface area contributed by atoms with E-state index in [0.29, 0.717) is 0 Å². The van der Waals surface area contributed by atoms with Crippen LogP contribution in [-0.4, -0.2) is 28.0 Å². The topological polar surface area (TPSA) is 50.2 Å². The van der Waals surface area contributed by atoms with Gasteiger partial charge in [-0.05, 0) is 11.6 Å². The number of halogens is 6. The second-order valence-electron chi connectivity index (χ2n) is 4.07. The van der Waals surface area contributed by atoms with Gasteiger partial charge in [0.05, 0.1) is 0 Å². The van der Waals surface area contributed by atoms with Crippen LogP contribution < -0.4 is 0 Å². The van der Waals surface area contributed by atoms with Gasteiger partial charge in [-0.25, -0.2) is 4.98 Å². The summed E-state index contributed by atoms with van der Waals surface area (Å²) in [5, 5.41) is 9.12. The molecule has 108 valence electrons. The second kappa shape index (κ2) is 4.41. The Morgan fingerprint density at radius 1 is 1.30 bits per heavy atom. The van der Waals surface area contributed by atoms with Crippen molar-refractivity contribution in [2.75, 3.05) is 0 Å². The summed E-state index contributed by atoms with van der Waals surface area (Å²) in [5.74, 6) is -8.90. The average Bonchev–Trinajstić information content (AvgIpc) is 2.63. The van der Waals surface area contributed by atoms with E-state index in [1.165, 1.54) is 6.07 Å². The molecule has 3 nitrogen and oxygen atoms in total. The van der Waals surface area contributed by atoms with Crippen molar-refractivity contribution in [3.05, 3.63) is 39.9 Å². The molecule has 1 aromatic heterocycles. The highest BCUT2D eigenvalue weighted by Gasteiger charge is 2.62. The van der Waals surface area contributed by atoms with Crippen LogP contribution in [0.5, 0.6) is 0 Å². The molecule has 0 spiro atoms. The SMILES string of the molecule is O=C1/C(=C(\O)C(F)(F)C(F)(F)F)Cc2cc(Cl)ncc21. The Morgan fingerprint density at radius 2 is 1.90 bits per heavy atom. The Labute approximate surface area is 113 Å². The molecule has 1 aromatic rings. The monoisotopic (exact) mass is 313 g/mol. The fourth-order valence-corrected chi connectivity index (χ4v) is 1.95. The number of allylic oxidation sites excluding steroid dienone is 2. The van der Waals surface area contributed by atoms with Crippen LogP contribution in [0.25, 0.3) is 0 Å². The molecule has 0 bridgehead atoms. The Kier molecular flexibility index (Phi) is 3.24. The lowest BCUT2D eigenvalue weighted by molar-refractivity contribution is -0.274. The molecule has 0 aliphatic heterocycles. The summed E-state index contributed by atoms with van der Waals surface area (Å²) in [6.07, 6.45) is -5.59. The van der Waals surface area contributed by atoms with Gasteiger partial charge < -0.3 is 5.11 Å². The van der Waals surface area contributed by atoms with Gasteiger partial charge in [0.25, 0.3) is 0 Å². The van der Waals surface area contributed by atoms with E-state index in [2.05, 4.69) is 4.98 Å². The normalized spacial score (nSPS) is 18.2. The molecule has 0 saturated heterocycles. The Bertz CT molecular complexity index is 624. The van der Waals surface area contributed by atoms with Crippen LogP contribution in [0.1, 0.15) is 15.9 Å². The molecule has 0 radical (unpaired) electrons. The molecule has 0 fully saturated rings. The second-order valence-corrected chi connectivity index (χ2v) is 4.46. The van der Waals surface area contributed by atoms with Crippen LogP contribution >= 0.6 is 11.6 Å². The van der Waals surface area contributed by atoms with E-state index in [1.54, 1.807) is 0 Å². The van der Waals surface area contributed by atoms with Gasteiger partial charge in [0.1, 0.15) is 5.15 Å². The van der Waals surface area contributed by atoms with E-state index >= 15 is 0 Å². The molecule has 20 heavy (non-hydrogen) atoms. The van der Waals surface area contributed by atoms with Crippen molar-refractivity contribution in [2.24, 2.45) is 0 Å². The van der Waals surface area contributed by atoms with Crippen LogP contribution in [0.4, 0.5) is 22.0 Å². The maximum absolute atomic E-state index is 13.0. The number of rotatable bonds is 1. The molecule has 1 aliphatic rings. The van der Waals surface area contributed by atoms with E-state index in [-0.39, 0.29) is 16.3 Å². The largest absolute Gasteiger partial charge is 0.506 e. The van der Waals surface area contributed by atoms with Gasteiger partial charge >= 0.3 is 12.1 Å². The van der Waals surface area contributed by atoms with Crippen molar-refractivity contribution in [1.82, 2.24) is 4.98 Å². The van der Waals surface area contributed by atoms with Crippen LogP contribution in [0.15, 0.2) is 23.6 Å². The van der Waals surface area contributed by atoms with Crippen LogP contribution in [0.3, 0.4) is 0 Å². The number of ketones is 1. The predicted octanol–water partition coefficient (Wildman–Crippen LogP) is 3.48. The lowest BCUT2D eigenvalue weighted by atomic mass is 10.1. The van der Waals surface area contributed by atoms with Gasteiger partial charge in [0.15, 0.2) is 11.5 Å². The van der Waals surface area contributed by atoms with Crippen molar-refractivity contribution < 1.29 is 31.9 Å². The molecule has 0 saturated carbocycles. The lowest BCUT2D eigenvalue weighted by Crippen LogP contribution is -2.39. The molecular formula is C11H5ClF5NO2. The molecule has 9 heteroatoms. The van der Waals surface area contributed by atoms with Crippen molar-refractivity contribution in [3.8, 4) is 0 Å². The van der Waals surface area contributed by atoms with Crippen molar-refractivity contribution in [1.29, 1.82) is 0 Å². The smallest absolute Gasteiger partial charge is 0.461 e. The zero-order chi connectivity index (χ0) is 15.3. The van der Waals surface area contributed by atoms with Gasteiger partial charge in [-0.15, -0.1) is 0 Å². The summed E-state index contributed by atoms with van der Waals surface area (Å²) in [4.78, 5) is 15.3. The van der Waals surface area contributed by atoms with Crippen LogP contribution in [0, 0.1) is 0 Å². The first-order chi connectivity index (χ1) is 9.05. The van der Waals surface area contributed by atoms with Crippen molar-refractivity contribution in [3.63, 3.8) is 0 Å². The third kappa shape index (κ3) is 2.13. The van der Waals surface area contributed by atoms with Gasteiger partial charge in [-0.3, -0.25) is 4.79 Å². The number of fused-ring (bicyclic) bond motifs is 1. The van der Waals surface area contributed by atoms with Crippen molar-refractivity contribution >= 4 is 17.4 Å². The highest BCUT2D eigenvalue weighted by molar-refractivity contribution is 6.29. The summed E-state index contributed by atoms with van der Waals surface area (Å²) in [6, 6.07) is 1.17. The van der Waals surface area contributed by atoms with E-state index < -0.39 is 35.6 Å². The van der Waals surface area contributed by atoms with Crippen LogP contribution in [-0.2, 0) is 6.42 Å². The maximum Gasteiger partial charge on any atom is 0.461 e. The number of aromatic nitrogens is 1. The third-order valence-electron chi connectivity index (χ3n) is 2.78. The molecule has 0 amide bonds. The van der Waals surface area contributed by atoms with Crippen LogP contribution in [0.2, 0.25) is 5.15 Å². The Hall–Kier alpha value is -1.70. The zero-order valence-corrected chi connectivity index (χ0v) is 10.2. The van der Waals surface area contributed by atoms with Gasteiger partial charge in [-0.1, -0.05) is 11.6 Å². The number of hydrogen-bond donors (Lipinski definition) is 1.